The van der Waals surface area contributed by atoms with Gasteiger partial charge in [0, 0.05) is 30.2 Å². The molecule has 42 heavy (non-hydrogen) atoms. The fourth-order valence-corrected chi connectivity index (χ4v) is 5.01. The second-order valence-corrected chi connectivity index (χ2v) is 10.6. The van der Waals surface area contributed by atoms with Crippen LogP contribution in [0, 0.1) is 28.5 Å². The molecule has 1 unspecified atom stereocenters. The molecular formula is C31H26F4N4O3. The number of aromatic nitrogens is 1. The summed E-state index contributed by atoms with van der Waals surface area (Å²) in [5, 5.41) is 14.8. The van der Waals surface area contributed by atoms with Crippen molar-refractivity contribution in [2.45, 2.75) is 32.4 Å². The van der Waals surface area contributed by atoms with E-state index in [4.69, 9.17) is 4.42 Å². The van der Waals surface area contributed by atoms with E-state index in [0.717, 1.165) is 12.8 Å². The molecule has 2 aromatic heterocycles. The first-order valence-electron chi connectivity index (χ1n) is 13.2. The standard InChI is InChI=1S/C31H26F4N4O3/c1-30(15-36,20-8-9-20)14-24(40)19-5-3-4-18(12-19)22-13-23-25(28(41)37-2)26(17-6-10-21(32)11-7-17)42-29(23)39-27(22)38-16-31(33,34)35/h3-7,10-13,20H,8-9,14,16H2,1-2H3,(H,37,41)(H,38,39). The van der Waals surface area contributed by atoms with E-state index in [2.05, 4.69) is 21.7 Å². The van der Waals surface area contributed by atoms with Gasteiger partial charge in [0.25, 0.3) is 5.91 Å². The lowest BCUT2D eigenvalue weighted by atomic mass is 9.80. The normalized spacial score (nSPS) is 14.7. The molecule has 0 spiro atoms. The summed E-state index contributed by atoms with van der Waals surface area (Å²) in [4.78, 5) is 30.5. The predicted octanol–water partition coefficient (Wildman–Crippen LogP) is 7.15. The molecule has 1 fully saturated rings. The van der Waals surface area contributed by atoms with Gasteiger partial charge in [0.05, 0.1) is 22.4 Å². The number of hydrogen-bond donors (Lipinski definition) is 2. The van der Waals surface area contributed by atoms with Gasteiger partial charge < -0.3 is 15.1 Å². The van der Waals surface area contributed by atoms with E-state index in [1.165, 1.54) is 43.4 Å². The Morgan fingerprint density at radius 3 is 2.43 bits per heavy atom. The molecule has 11 heteroatoms. The SMILES string of the molecule is CNC(=O)c1c(-c2ccc(F)cc2)oc2nc(NCC(F)(F)F)c(-c3cccc(C(=O)CC(C)(C#N)C4CC4)c3)cc12. The van der Waals surface area contributed by atoms with E-state index >= 15 is 0 Å². The number of ketones is 1. The second kappa shape index (κ2) is 10.9. The number of fused-ring (bicyclic) bond motifs is 1. The number of carbonyl (C=O) groups excluding carboxylic acids is 2. The fraction of sp³-hybridized carbons (Fsp3) is 0.290. The first-order valence-corrected chi connectivity index (χ1v) is 13.2. The Bertz CT molecular complexity index is 1720. The summed E-state index contributed by atoms with van der Waals surface area (Å²) in [6.45, 7) is 0.369. The molecule has 1 atom stereocenters. The number of rotatable bonds is 9. The van der Waals surface area contributed by atoms with Crippen molar-refractivity contribution in [2.24, 2.45) is 11.3 Å². The summed E-state index contributed by atoms with van der Waals surface area (Å²) in [6.07, 6.45) is -2.78. The number of halogens is 4. The van der Waals surface area contributed by atoms with Crippen LogP contribution in [-0.2, 0) is 0 Å². The summed E-state index contributed by atoms with van der Waals surface area (Å²) in [7, 11) is 1.41. The molecule has 2 N–H and O–H groups in total. The van der Waals surface area contributed by atoms with Crippen LogP contribution >= 0.6 is 0 Å². The number of carbonyl (C=O) groups is 2. The monoisotopic (exact) mass is 578 g/mol. The Balaban J connectivity index is 1.65. The minimum absolute atomic E-state index is 0.0116. The number of pyridine rings is 1. The van der Waals surface area contributed by atoms with E-state index in [9.17, 15) is 32.4 Å². The minimum atomic E-state index is -4.56. The molecule has 0 bridgehead atoms. The van der Waals surface area contributed by atoms with Gasteiger partial charge >= 0.3 is 6.18 Å². The molecule has 1 saturated carbocycles. The number of alkyl halides is 3. The summed E-state index contributed by atoms with van der Waals surface area (Å²) in [6, 6.07) is 15.3. The first kappa shape index (κ1) is 28.8. The zero-order valence-electron chi connectivity index (χ0n) is 22.7. The molecule has 4 aromatic rings. The lowest BCUT2D eigenvalue weighted by Crippen LogP contribution is -2.22. The highest BCUT2D eigenvalue weighted by Gasteiger charge is 2.43. The maximum absolute atomic E-state index is 13.6. The van der Waals surface area contributed by atoms with E-state index in [0.29, 0.717) is 16.7 Å². The summed E-state index contributed by atoms with van der Waals surface area (Å²) in [5.74, 6) is -1.27. The highest BCUT2D eigenvalue weighted by atomic mass is 19.4. The van der Waals surface area contributed by atoms with Gasteiger partial charge in [0.2, 0.25) is 5.71 Å². The van der Waals surface area contributed by atoms with E-state index in [1.54, 1.807) is 25.1 Å². The van der Waals surface area contributed by atoms with E-state index in [1.807, 2.05) is 0 Å². The average Bonchev–Trinajstić information content (AvgIpc) is 3.77. The van der Waals surface area contributed by atoms with Gasteiger partial charge in [-0.05, 0) is 67.6 Å². The second-order valence-electron chi connectivity index (χ2n) is 10.6. The van der Waals surface area contributed by atoms with Crippen LogP contribution in [0.2, 0.25) is 0 Å². The van der Waals surface area contributed by atoms with Crippen molar-refractivity contribution in [3.63, 3.8) is 0 Å². The number of nitrogens with zero attached hydrogens (tertiary/aromatic N) is 2. The van der Waals surface area contributed by atoms with E-state index in [-0.39, 0.29) is 51.9 Å². The van der Waals surface area contributed by atoms with Gasteiger partial charge in [-0.15, -0.1) is 0 Å². The number of hydrogen-bond acceptors (Lipinski definition) is 6. The van der Waals surface area contributed by atoms with Crippen molar-refractivity contribution in [1.29, 1.82) is 5.26 Å². The average molecular weight is 579 g/mol. The van der Waals surface area contributed by atoms with Crippen LogP contribution in [0.25, 0.3) is 33.6 Å². The molecule has 7 nitrogen and oxygen atoms in total. The molecule has 2 aromatic carbocycles. The van der Waals surface area contributed by atoms with Gasteiger partial charge in [-0.1, -0.05) is 18.2 Å². The molecule has 5 rings (SSSR count). The molecular weight excluding hydrogens is 552 g/mol. The number of furan rings is 1. The zero-order valence-corrected chi connectivity index (χ0v) is 22.7. The maximum atomic E-state index is 13.6. The molecule has 1 aliphatic carbocycles. The topological polar surface area (TPSA) is 108 Å². The van der Waals surface area contributed by atoms with Gasteiger partial charge in [-0.25, -0.2) is 4.39 Å². The van der Waals surface area contributed by atoms with Gasteiger partial charge in [-0.2, -0.15) is 23.4 Å². The van der Waals surface area contributed by atoms with Crippen molar-refractivity contribution in [3.05, 3.63) is 71.5 Å². The number of nitrogens with one attached hydrogen (secondary N) is 2. The minimum Gasteiger partial charge on any atom is -0.437 e. The van der Waals surface area contributed by atoms with Crippen molar-refractivity contribution >= 4 is 28.6 Å². The highest BCUT2D eigenvalue weighted by molar-refractivity contribution is 6.11. The molecule has 2 heterocycles. The van der Waals surface area contributed by atoms with Gasteiger partial charge in [-0.3, -0.25) is 9.59 Å². The number of Topliss-reactive ketones (excluding diaryl/α,β-unsaturated/α-hetero) is 1. The lowest BCUT2D eigenvalue weighted by molar-refractivity contribution is -0.115. The fourth-order valence-electron chi connectivity index (χ4n) is 5.01. The van der Waals surface area contributed by atoms with Crippen molar-refractivity contribution in [2.75, 3.05) is 18.9 Å². The third-order valence-corrected chi connectivity index (χ3v) is 7.46. The Labute approximate surface area is 238 Å². The van der Waals surface area contributed by atoms with Crippen LogP contribution in [0.4, 0.5) is 23.4 Å². The Morgan fingerprint density at radius 2 is 1.81 bits per heavy atom. The predicted molar refractivity (Wildman–Crippen MR) is 148 cm³/mol. The molecule has 0 aliphatic heterocycles. The van der Waals surface area contributed by atoms with E-state index < -0.39 is 29.9 Å². The smallest absolute Gasteiger partial charge is 0.405 e. The van der Waals surface area contributed by atoms with Crippen molar-refractivity contribution < 1.29 is 31.6 Å². The molecule has 1 aliphatic rings. The number of benzene rings is 2. The Kier molecular flexibility index (Phi) is 7.49. The van der Waals surface area contributed by atoms with Gasteiger partial charge in [0.15, 0.2) is 5.78 Å². The zero-order chi connectivity index (χ0) is 30.2. The van der Waals surface area contributed by atoms with Crippen LogP contribution in [0.15, 0.2) is 59.0 Å². The van der Waals surface area contributed by atoms with Crippen LogP contribution in [0.5, 0.6) is 0 Å². The molecule has 0 radical (unpaired) electrons. The number of amides is 1. The van der Waals surface area contributed by atoms with Crippen molar-refractivity contribution in [1.82, 2.24) is 10.3 Å². The highest BCUT2D eigenvalue weighted by Crippen LogP contribution is 2.48. The third kappa shape index (κ3) is 5.84. The molecule has 1 amide bonds. The summed E-state index contributed by atoms with van der Waals surface area (Å²) < 4.78 is 59.1. The largest absolute Gasteiger partial charge is 0.437 e. The number of nitriles is 1. The first-order chi connectivity index (χ1) is 19.9. The van der Waals surface area contributed by atoms with Crippen LogP contribution in [-0.4, -0.2) is 36.4 Å². The number of anilines is 1. The van der Waals surface area contributed by atoms with Crippen LogP contribution in [0.1, 0.15) is 46.9 Å². The van der Waals surface area contributed by atoms with Gasteiger partial charge in [0.1, 0.15) is 23.9 Å². The Hall–Kier alpha value is -4.72. The van der Waals surface area contributed by atoms with Crippen LogP contribution < -0.4 is 10.6 Å². The van der Waals surface area contributed by atoms with Crippen molar-refractivity contribution in [3.8, 4) is 28.5 Å². The molecule has 216 valence electrons. The third-order valence-electron chi connectivity index (χ3n) is 7.46. The summed E-state index contributed by atoms with van der Waals surface area (Å²) >= 11 is 0. The lowest BCUT2D eigenvalue weighted by Gasteiger charge is -2.20. The summed E-state index contributed by atoms with van der Waals surface area (Å²) in [5.41, 5.74) is 0.383. The molecule has 0 saturated heterocycles. The quantitative estimate of drug-likeness (QED) is 0.161. The maximum Gasteiger partial charge on any atom is 0.405 e. The van der Waals surface area contributed by atoms with Crippen LogP contribution in [0.3, 0.4) is 0 Å². The Morgan fingerprint density at radius 1 is 1.10 bits per heavy atom.